The average molecular weight is 288 g/mol. The van der Waals surface area contributed by atoms with Crippen LogP contribution in [0.2, 0.25) is 0 Å². The van der Waals surface area contributed by atoms with Crippen molar-refractivity contribution in [1.82, 2.24) is 10.0 Å². The molecule has 0 bridgehead atoms. The van der Waals surface area contributed by atoms with Gasteiger partial charge >= 0.3 is 0 Å². The Bertz CT molecular complexity index is 506. The number of hydrogen-bond donors (Lipinski definition) is 2. The van der Waals surface area contributed by atoms with E-state index in [1.165, 1.54) is 0 Å². The van der Waals surface area contributed by atoms with E-state index in [2.05, 4.69) is 10.0 Å². The quantitative estimate of drug-likeness (QED) is 0.803. The van der Waals surface area contributed by atoms with E-state index in [0.29, 0.717) is 6.54 Å². The Morgan fingerprint density at radius 1 is 1.26 bits per heavy atom. The Labute approximate surface area is 115 Å². The Morgan fingerprint density at radius 3 is 2.37 bits per heavy atom. The van der Waals surface area contributed by atoms with Crippen molar-refractivity contribution in [1.29, 1.82) is 0 Å². The summed E-state index contributed by atoms with van der Waals surface area (Å²) >= 11 is 0. The molecule has 0 saturated carbocycles. The molecule has 1 atom stereocenters. The first-order valence-electron chi connectivity index (χ1n) is 6.51. The lowest BCUT2D eigenvalue weighted by atomic mass is 10.1. The molecule has 0 radical (unpaired) electrons. The molecule has 0 aliphatic rings. The topological polar surface area (TPSA) is 71.3 Å². The third-order valence-corrected chi connectivity index (χ3v) is 4.28. The number of hydrogen-bond acceptors (Lipinski definition) is 4. The van der Waals surface area contributed by atoms with Crippen LogP contribution in [0.5, 0.6) is 0 Å². The molecule has 2 N–H and O–H groups in total. The van der Waals surface area contributed by atoms with Gasteiger partial charge in [-0.15, -0.1) is 0 Å². The lowest BCUT2D eigenvalue weighted by Gasteiger charge is -2.14. The lowest BCUT2D eigenvalue weighted by molar-refractivity contribution is 0.496. The predicted octanol–water partition coefficient (Wildman–Crippen LogP) is 1.87. The average Bonchev–Trinajstić information content (AvgIpc) is 2.56. The van der Waals surface area contributed by atoms with Gasteiger partial charge < -0.3 is 9.73 Å². The summed E-state index contributed by atoms with van der Waals surface area (Å²) in [6.45, 7) is 9.94. The van der Waals surface area contributed by atoms with E-state index in [1.54, 1.807) is 0 Å². The first-order chi connectivity index (χ1) is 8.71. The molecule has 1 rings (SSSR count). The second-order valence-electron chi connectivity index (χ2n) is 5.14. The van der Waals surface area contributed by atoms with Crippen LogP contribution in [0.1, 0.15) is 43.9 Å². The van der Waals surface area contributed by atoms with Crippen LogP contribution in [0.25, 0.3) is 0 Å². The summed E-state index contributed by atoms with van der Waals surface area (Å²) in [4.78, 5) is 0. The van der Waals surface area contributed by atoms with Crippen LogP contribution in [0.15, 0.2) is 10.5 Å². The highest BCUT2D eigenvalue weighted by atomic mass is 32.2. The maximum absolute atomic E-state index is 11.9. The highest BCUT2D eigenvalue weighted by molar-refractivity contribution is 7.89. The van der Waals surface area contributed by atoms with E-state index in [4.69, 9.17) is 4.42 Å². The van der Waals surface area contributed by atoms with Gasteiger partial charge in [-0.25, -0.2) is 13.1 Å². The highest BCUT2D eigenvalue weighted by Crippen LogP contribution is 2.21. The molecule has 5 nitrogen and oxygen atoms in total. The van der Waals surface area contributed by atoms with Crippen molar-refractivity contribution in [3.05, 3.63) is 23.2 Å². The van der Waals surface area contributed by atoms with Crippen LogP contribution >= 0.6 is 0 Å². The Kier molecular flexibility index (Phi) is 5.58. The third-order valence-electron chi connectivity index (χ3n) is 2.83. The first kappa shape index (κ1) is 16.2. The normalized spacial score (nSPS) is 14.0. The number of rotatable bonds is 7. The molecular formula is C13H24N2O3S. The van der Waals surface area contributed by atoms with E-state index < -0.39 is 10.0 Å². The van der Waals surface area contributed by atoms with Gasteiger partial charge in [0.05, 0.1) is 5.75 Å². The highest BCUT2D eigenvalue weighted by Gasteiger charge is 2.19. The van der Waals surface area contributed by atoms with Crippen molar-refractivity contribution in [3.63, 3.8) is 0 Å². The summed E-state index contributed by atoms with van der Waals surface area (Å²) in [5.41, 5.74) is 0.887. The van der Waals surface area contributed by atoms with Gasteiger partial charge in [0.15, 0.2) is 0 Å². The number of furan rings is 1. The Balaban J connectivity index is 2.60. The van der Waals surface area contributed by atoms with Crippen molar-refractivity contribution in [2.45, 2.75) is 46.7 Å². The van der Waals surface area contributed by atoms with Crippen LogP contribution < -0.4 is 10.0 Å². The summed E-state index contributed by atoms with van der Waals surface area (Å²) in [7, 11) is -3.29. The summed E-state index contributed by atoms with van der Waals surface area (Å²) in [6.07, 6.45) is 0. The van der Waals surface area contributed by atoms with E-state index in [9.17, 15) is 8.42 Å². The molecule has 0 spiro atoms. The molecule has 110 valence electrons. The van der Waals surface area contributed by atoms with Crippen molar-refractivity contribution in [2.75, 3.05) is 12.3 Å². The van der Waals surface area contributed by atoms with Crippen molar-refractivity contribution in [3.8, 4) is 0 Å². The molecule has 0 saturated heterocycles. The van der Waals surface area contributed by atoms with Gasteiger partial charge in [0.2, 0.25) is 10.0 Å². The minimum Gasteiger partial charge on any atom is -0.466 e. The molecule has 1 heterocycles. The summed E-state index contributed by atoms with van der Waals surface area (Å²) in [5, 5.41) is 3.09. The fourth-order valence-electron chi connectivity index (χ4n) is 1.95. The fraction of sp³-hybridized carbons (Fsp3) is 0.692. The summed E-state index contributed by atoms with van der Waals surface area (Å²) in [5.74, 6) is 1.62. The molecule has 6 heteroatoms. The van der Waals surface area contributed by atoms with Gasteiger partial charge in [0.1, 0.15) is 11.5 Å². The van der Waals surface area contributed by atoms with Crippen LogP contribution in [0, 0.1) is 13.8 Å². The van der Waals surface area contributed by atoms with Crippen LogP contribution in [0.4, 0.5) is 0 Å². The molecule has 0 fully saturated rings. The maximum atomic E-state index is 11.9. The van der Waals surface area contributed by atoms with E-state index in [-0.39, 0.29) is 17.8 Å². The smallest absolute Gasteiger partial charge is 0.213 e. The monoisotopic (exact) mass is 288 g/mol. The third kappa shape index (κ3) is 5.34. The van der Waals surface area contributed by atoms with Crippen LogP contribution in [-0.2, 0) is 10.0 Å². The van der Waals surface area contributed by atoms with Gasteiger partial charge in [-0.1, -0.05) is 13.8 Å². The van der Waals surface area contributed by atoms with E-state index in [0.717, 1.165) is 17.1 Å². The zero-order chi connectivity index (χ0) is 14.6. The van der Waals surface area contributed by atoms with Gasteiger partial charge in [-0.3, -0.25) is 0 Å². The summed E-state index contributed by atoms with van der Waals surface area (Å²) in [6, 6.07) is 1.88. The maximum Gasteiger partial charge on any atom is 0.213 e. The minimum atomic E-state index is -3.29. The number of nitrogens with one attached hydrogen (secondary N) is 2. The molecule has 1 aromatic heterocycles. The Hall–Kier alpha value is -0.850. The zero-order valence-electron chi connectivity index (χ0n) is 12.3. The predicted molar refractivity (Wildman–Crippen MR) is 76.7 cm³/mol. The second-order valence-corrected chi connectivity index (χ2v) is 7.01. The van der Waals surface area contributed by atoms with Gasteiger partial charge in [0.25, 0.3) is 0 Å². The van der Waals surface area contributed by atoms with Crippen molar-refractivity contribution in [2.24, 2.45) is 0 Å². The Morgan fingerprint density at radius 2 is 1.89 bits per heavy atom. The van der Waals surface area contributed by atoms with Gasteiger partial charge in [-0.05, 0) is 26.8 Å². The van der Waals surface area contributed by atoms with Crippen LogP contribution in [0.3, 0.4) is 0 Å². The van der Waals surface area contributed by atoms with E-state index >= 15 is 0 Å². The molecule has 1 unspecified atom stereocenters. The molecular weight excluding hydrogens is 264 g/mol. The fourth-order valence-corrected chi connectivity index (χ4v) is 3.12. The largest absolute Gasteiger partial charge is 0.466 e. The van der Waals surface area contributed by atoms with Gasteiger partial charge in [-0.2, -0.15) is 0 Å². The summed E-state index contributed by atoms with van der Waals surface area (Å²) < 4.78 is 32.0. The van der Waals surface area contributed by atoms with Gasteiger partial charge in [0, 0.05) is 24.2 Å². The SMILES string of the molecule is Cc1cc(C(C)NS(=O)(=O)CCNC(C)C)c(C)o1. The first-order valence-corrected chi connectivity index (χ1v) is 8.17. The van der Waals surface area contributed by atoms with Crippen LogP contribution in [-0.4, -0.2) is 26.8 Å². The second kappa shape index (κ2) is 6.54. The van der Waals surface area contributed by atoms with Crippen molar-refractivity contribution < 1.29 is 12.8 Å². The molecule has 0 amide bonds. The molecule has 0 aliphatic heterocycles. The minimum absolute atomic E-state index is 0.0748. The molecule has 19 heavy (non-hydrogen) atoms. The molecule has 0 aliphatic carbocycles. The number of sulfonamides is 1. The zero-order valence-corrected chi connectivity index (χ0v) is 13.1. The standard InChI is InChI=1S/C13H24N2O3S/c1-9(2)14-6-7-19(16,17)15-11(4)13-8-10(3)18-12(13)5/h8-9,11,14-15H,6-7H2,1-5H3. The molecule has 0 aromatic carbocycles. The van der Waals surface area contributed by atoms with Crippen molar-refractivity contribution >= 4 is 10.0 Å². The number of aryl methyl sites for hydroxylation is 2. The lowest BCUT2D eigenvalue weighted by Crippen LogP contribution is -2.35. The van der Waals surface area contributed by atoms with E-state index in [1.807, 2.05) is 40.7 Å². The molecule has 1 aromatic rings.